The highest BCUT2D eigenvalue weighted by Crippen LogP contribution is 2.43. The second-order valence-electron chi connectivity index (χ2n) is 14.1. The molecule has 0 spiro atoms. The summed E-state index contributed by atoms with van der Waals surface area (Å²) in [6.45, 7) is 2.29. The average Bonchev–Trinajstić information content (AvgIpc) is 3.68. The summed E-state index contributed by atoms with van der Waals surface area (Å²) in [5.74, 6) is 0.580. The van der Waals surface area contributed by atoms with Gasteiger partial charge in [0.2, 0.25) is 0 Å². The third-order valence-electron chi connectivity index (χ3n) is 11.0. The second kappa shape index (κ2) is 11.7. The minimum absolute atomic E-state index is 0.580. The minimum atomic E-state index is 0.580. The molecule has 1 unspecified atom stereocenters. The third kappa shape index (κ3) is 4.57. The predicted molar refractivity (Wildman–Crippen MR) is 213 cm³/mol. The summed E-state index contributed by atoms with van der Waals surface area (Å²) >= 11 is 0. The van der Waals surface area contributed by atoms with E-state index in [0.29, 0.717) is 5.92 Å². The van der Waals surface area contributed by atoms with Gasteiger partial charge in [-0.25, -0.2) is 0 Å². The zero-order valence-electron chi connectivity index (χ0n) is 28.4. The number of nitrogens with zero attached hydrogens (tertiary/aromatic N) is 3. The molecule has 10 rings (SSSR count). The maximum absolute atomic E-state index is 2.61. The van der Waals surface area contributed by atoms with Crippen molar-refractivity contribution in [3.63, 3.8) is 0 Å². The Morgan fingerprint density at radius 1 is 0.660 bits per heavy atom. The molecule has 3 aliphatic rings. The number of para-hydroxylation sites is 2. The van der Waals surface area contributed by atoms with Crippen LogP contribution in [0.15, 0.2) is 157 Å². The topological polar surface area (TPSA) is 13.1 Å². The smallest absolute Gasteiger partial charge is 0.0562 e. The lowest BCUT2D eigenvalue weighted by Gasteiger charge is -2.32. The summed E-state index contributed by atoms with van der Waals surface area (Å²) in [5, 5.41) is 6.57. The molecular formula is C47H39N3. The van der Waals surface area contributed by atoms with E-state index < -0.39 is 0 Å². The Hall–Kier alpha value is -5.80. The van der Waals surface area contributed by atoms with E-state index >= 15 is 0 Å². The lowest BCUT2D eigenvalue weighted by Crippen LogP contribution is -2.23. The molecule has 2 aromatic heterocycles. The van der Waals surface area contributed by atoms with Crippen LogP contribution in [0.1, 0.15) is 43.9 Å². The molecule has 50 heavy (non-hydrogen) atoms. The molecule has 0 aliphatic heterocycles. The van der Waals surface area contributed by atoms with Gasteiger partial charge in [0.25, 0.3) is 0 Å². The van der Waals surface area contributed by atoms with Crippen molar-refractivity contribution in [3.8, 4) is 5.69 Å². The SMILES string of the molecule is CC1C=CC(N(C2=CC=C(n3c4c(c5cc6c7c8ccccc8ccc7n(-c7ccccc7)c6cc53)C=CCC4)CC2)c2ccccc2)=CC1. The van der Waals surface area contributed by atoms with Crippen LogP contribution >= 0.6 is 0 Å². The van der Waals surface area contributed by atoms with Gasteiger partial charge < -0.3 is 14.0 Å². The zero-order chi connectivity index (χ0) is 33.2. The van der Waals surface area contributed by atoms with E-state index in [4.69, 9.17) is 0 Å². The highest BCUT2D eigenvalue weighted by Gasteiger charge is 2.26. The molecule has 3 nitrogen and oxygen atoms in total. The molecule has 7 aromatic rings. The van der Waals surface area contributed by atoms with Gasteiger partial charge in [0, 0.05) is 55.9 Å². The number of hydrogen-bond acceptors (Lipinski definition) is 1. The van der Waals surface area contributed by atoms with Gasteiger partial charge in [0.1, 0.15) is 0 Å². The maximum atomic E-state index is 2.61. The Morgan fingerprint density at radius 2 is 1.46 bits per heavy atom. The number of aromatic nitrogens is 2. The average molecular weight is 646 g/mol. The molecule has 0 bridgehead atoms. The molecular weight excluding hydrogens is 607 g/mol. The number of anilines is 1. The van der Waals surface area contributed by atoms with Crippen LogP contribution in [0.3, 0.4) is 0 Å². The molecule has 0 saturated heterocycles. The molecule has 0 fully saturated rings. The molecule has 3 aliphatic carbocycles. The van der Waals surface area contributed by atoms with Gasteiger partial charge in [0.05, 0.1) is 16.6 Å². The fourth-order valence-corrected chi connectivity index (χ4v) is 8.61. The van der Waals surface area contributed by atoms with Gasteiger partial charge >= 0.3 is 0 Å². The van der Waals surface area contributed by atoms with E-state index in [2.05, 4.69) is 173 Å². The first-order valence-electron chi connectivity index (χ1n) is 18.1. The largest absolute Gasteiger partial charge is 0.317 e. The van der Waals surface area contributed by atoms with E-state index in [0.717, 1.165) is 32.1 Å². The Kier molecular flexibility index (Phi) is 6.80. The van der Waals surface area contributed by atoms with Crippen molar-refractivity contribution in [2.24, 2.45) is 5.92 Å². The number of fused-ring (bicyclic) bond motifs is 8. The van der Waals surface area contributed by atoms with Crippen molar-refractivity contribution in [3.05, 3.63) is 168 Å². The van der Waals surface area contributed by atoms with E-state index in [1.54, 1.807) is 0 Å². The van der Waals surface area contributed by atoms with Gasteiger partial charge in [-0.3, -0.25) is 0 Å². The quantitative estimate of drug-likeness (QED) is 0.182. The molecule has 0 amide bonds. The second-order valence-corrected chi connectivity index (χ2v) is 14.1. The van der Waals surface area contributed by atoms with Crippen molar-refractivity contribution < 1.29 is 0 Å². The monoisotopic (exact) mass is 645 g/mol. The normalized spacial score (nSPS) is 17.3. The summed E-state index contributed by atoms with van der Waals surface area (Å²) in [6, 6.07) is 40.1. The molecule has 0 radical (unpaired) electrons. The zero-order valence-corrected chi connectivity index (χ0v) is 28.4. The van der Waals surface area contributed by atoms with Crippen LogP contribution in [0.25, 0.3) is 60.9 Å². The maximum Gasteiger partial charge on any atom is 0.0562 e. The number of benzene rings is 5. The Bertz CT molecular complexity index is 2620. The van der Waals surface area contributed by atoms with Gasteiger partial charge in [-0.2, -0.15) is 0 Å². The van der Waals surface area contributed by atoms with Crippen LogP contribution in [0.5, 0.6) is 0 Å². The summed E-state index contributed by atoms with van der Waals surface area (Å²) in [7, 11) is 0. The number of hydrogen-bond donors (Lipinski definition) is 0. The Labute approximate surface area is 293 Å². The van der Waals surface area contributed by atoms with Crippen molar-refractivity contribution in [2.45, 2.75) is 39.0 Å². The number of allylic oxidation sites excluding steroid dienone is 8. The Morgan fingerprint density at radius 3 is 2.26 bits per heavy atom. The standard InChI is InChI=1S/C47H39N3/c1-32-20-23-36(24-21-32)48(34-13-4-2-5-14-34)37-25-27-38(28-26-37)49-43-19-11-10-18-40(43)41-30-42-46(31-45(41)49)50(35-15-6-3-7-16-35)44-29-22-33-12-8-9-17-39(33)47(42)44/h2-10,12-18,20,22-25,27,29-32H,11,19,21,26,28H2,1H3. The van der Waals surface area contributed by atoms with Crippen LogP contribution < -0.4 is 4.90 Å². The molecule has 0 saturated carbocycles. The van der Waals surface area contributed by atoms with Crippen LogP contribution in [-0.2, 0) is 6.42 Å². The van der Waals surface area contributed by atoms with E-state index in [9.17, 15) is 0 Å². The fourth-order valence-electron chi connectivity index (χ4n) is 8.61. The molecule has 0 N–H and O–H groups in total. The van der Waals surface area contributed by atoms with Crippen molar-refractivity contribution in [1.82, 2.24) is 9.13 Å². The minimum Gasteiger partial charge on any atom is -0.317 e. The Balaban J connectivity index is 1.20. The van der Waals surface area contributed by atoms with Gasteiger partial charge in [0.15, 0.2) is 0 Å². The van der Waals surface area contributed by atoms with Crippen molar-refractivity contribution in [1.29, 1.82) is 0 Å². The van der Waals surface area contributed by atoms with E-state index in [1.165, 1.54) is 83.2 Å². The lowest BCUT2D eigenvalue weighted by molar-refractivity contribution is 0.725. The first-order valence-corrected chi connectivity index (χ1v) is 18.1. The van der Waals surface area contributed by atoms with Gasteiger partial charge in [-0.1, -0.05) is 98.0 Å². The third-order valence-corrected chi connectivity index (χ3v) is 11.0. The summed E-state index contributed by atoms with van der Waals surface area (Å²) in [4.78, 5) is 2.47. The summed E-state index contributed by atoms with van der Waals surface area (Å²) < 4.78 is 5.08. The van der Waals surface area contributed by atoms with Crippen LogP contribution in [0.4, 0.5) is 5.69 Å². The van der Waals surface area contributed by atoms with Crippen LogP contribution in [-0.4, -0.2) is 9.13 Å². The summed E-state index contributed by atoms with van der Waals surface area (Å²) in [6.07, 6.45) is 21.7. The molecule has 5 aromatic carbocycles. The van der Waals surface area contributed by atoms with Crippen molar-refractivity contribution in [2.75, 3.05) is 4.90 Å². The van der Waals surface area contributed by atoms with Crippen LogP contribution in [0, 0.1) is 5.92 Å². The predicted octanol–water partition coefficient (Wildman–Crippen LogP) is 12.4. The van der Waals surface area contributed by atoms with E-state index in [1.807, 2.05) is 0 Å². The molecule has 242 valence electrons. The van der Waals surface area contributed by atoms with Gasteiger partial charge in [-0.05, 0) is 109 Å². The number of rotatable bonds is 5. The van der Waals surface area contributed by atoms with Crippen LogP contribution in [0.2, 0.25) is 0 Å². The van der Waals surface area contributed by atoms with Gasteiger partial charge in [-0.15, -0.1) is 0 Å². The molecule has 3 heteroatoms. The molecule has 1 atom stereocenters. The fraction of sp³-hybridized carbons (Fsp3) is 0.149. The molecule has 2 heterocycles. The van der Waals surface area contributed by atoms with Crippen molar-refractivity contribution >= 4 is 60.9 Å². The first-order chi connectivity index (χ1) is 24.7. The highest BCUT2D eigenvalue weighted by atomic mass is 15.2. The van der Waals surface area contributed by atoms with E-state index in [-0.39, 0.29) is 0 Å². The first kappa shape index (κ1) is 29.1. The highest BCUT2D eigenvalue weighted by molar-refractivity contribution is 6.23. The summed E-state index contributed by atoms with van der Waals surface area (Å²) in [5.41, 5.74) is 13.0. The lowest BCUT2D eigenvalue weighted by atomic mass is 9.98.